The van der Waals surface area contributed by atoms with Crippen LogP contribution in [0.2, 0.25) is 0 Å². The third kappa shape index (κ3) is 4.40. The van der Waals surface area contributed by atoms with Crippen LogP contribution in [0, 0.1) is 16.0 Å². The lowest BCUT2D eigenvalue weighted by Crippen LogP contribution is -2.14. The molecule has 0 saturated heterocycles. The number of nitro groups is 1. The van der Waals surface area contributed by atoms with Crippen LogP contribution in [0.15, 0.2) is 18.2 Å². The molecule has 0 fully saturated rings. The van der Waals surface area contributed by atoms with Crippen LogP contribution in [0.1, 0.15) is 20.3 Å². The van der Waals surface area contributed by atoms with Gasteiger partial charge in [0, 0.05) is 19.7 Å². The van der Waals surface area contributed by atoms with Crippen LogP contribution in [0.5, 0.6) is 0 Å². The molecule has 0 aliphatic heterocycles. The summed E-state index contributed by atoms with van der Waals surface area (Å²) in [6.07, 6.45) is 0.674. The first-order valence-electron chi connectivity index (χ1n) is 6.46. The molecule has 1 atom stereocenters. The third-order valence-electron chi connectivity index (χ3n) is 2.85. The van der Waals surface area contributed by atoms with E-state index in [9.17, 15) is 10.1 Å². The number of nitro benzene ring substituents is 1. The molecule has 0 aromatic heterocycles. The van der Waals surface area contributed by atoms with Gasteiger partial charge < -0.3 is 15.7 Å². The summed E-state index contributed by atoms with van der Waals surface area (Å²) < 4.78 is 0. The van der Waals surface area contributed by atoms with Crippen molar-refractivity contribution in [1.29, 1.82) is 0 Å². The standard InChI is InChI=1S/C13H21N3O3/c1-3-14-11-5-4-6-12(13(11)16(18)19)15-9-10(2)7-8-17/h4-6,10,14-15,17H,3,7-9H2,1-2H3. The van der Waals surface area contributed by atoms with E-state index in [-0.39, 0.29) is 23.1 Å². The van der Waals surface area contributed by atoms with Crippen molar-refractivity contribution < 1.29 is 10.0 Å². The van der Waals surface area contributed by atoms with Crippen molar-refractivity contribution in [3.63, 3.8) is 0 Å². The molecule has 0 aliphatic rings. The number of hydrogen-bond acceptors (Lipinski definition) is 5. The van der Waals surface area contributed by atoms with Crippen molar-refractivity contribution >= 4 is 17.1 Å². The van der Waals surface area contributed by atoms with Crippen molar-refractivity contribution in [1.82, 2.24) is 0 Å². The molecule has 1 aromatic carbocycles. The van der Waals surface area contributed by atoms with Gasteiger partial charge in [0.2, 0.25) is 0 Å². The molecule has 1 aromatic rings. The summed E-state index contributed by atoms with van der Waals surface area (Å²) in [4.78, 5) is 10.8. The van der Waals surface area contributed by atoms with E-state index in [1.807, 2.05) is 13.8 Å². The SMILES string of the molecule is CCNc1cccc(NCC(C)CCO)c1[N+](=O)[O-]. The molecule has 0 amide bonds. The zero-order chi connectivity index (χ0) is 14.3. The fourth-order valence-corrected chi connectivity index (χ4v) is 1.82. The summed E-state index contributed by atoms with van der Waals surface area (Å²) in [7, 11) is 0. The first kappa shape index (κ1) is 15.2. The van der Waals surface area contributed by atoms with Crippen LogP contribution in [0.25, 0.3) is 0 Å². The molecule has 0 bridgehead atoms. The van der Waals surface area contributed by atoms with E-state index in [1.165, 1.54) is 0 Å². The second kappa shape index (κ2) is 7.58. The monoisotopic (exact) mass is 267 g/mol. The fourth-order valence-electron chi connectivity index (χ4n) is 1.82. The normalized spacial score (nSPS) is 11.9. The first-order chi connectivity index (χ1) is 9.10. The van der Waals surface area contributed by atoms with Gasteiger partial charge in [-0.05, 0) is 31.4 Å². The largest absolute Gasteiger partial charge is 0.396 e. The topological polar surface area (TPSA) is 87.4 Å². The van der Waals surface area contributed by atoms with Gasteiger partial charge in [-0.2, -0.15) is 0 Å². The van der Waals surface area contributed by atoms with Crippen molar-refractivity contribution in [2.75, 3.05) is 30.3 Å². The van der Waals surface area contributed by atoms with Crippen molar-refractivity contribution in [2.24, 2.45) is 5.92 Å². The maximum Gasteiger partial charge on any atom is 0.315 e. The van der Waals surface area contributed by atoms with E-state index in [0.717, 1.165) is 0 Å². The molecule has 0 spiro atoms. The summed E-state index contributed by atoms with van der Waals surface area (Å²) in [6, 6.07) is 5.18. The number of hydrogen-bond donors (Lipinski definition) is 3. The highest BCUT2D eigenvalue weighted by atomic mass is 16.6. The van der Waals surface area contributed by atoms with E-state index >= 15 is 0 Å². The summed E-state index contributed by atoms with van der Waals surface area (Å²) >= 11 is 0. The van der Waals surface area contributed by atoms with Crippen LogP contribution in [0.3, 0.4) is 0 Å². The lowest BCUT2D eigenvalue weighted by Gasteiger charge is -2.14. The lowest BCUT2D eigenvalue weighted by molar-refractivity contribution is -0.383. The summed E-state index contributed by atoms with van der Waals surface area (Å²) in [5.41, 5.74) is 1.10. The fraction of sp³-hybridized carbons (Fsp3) is 0.538. The van der Waals surface area contributed by atoms with Crippen molar-refractivity contribution in [2.45, 2.75) is 20.3 Å². The van der Waals surface area contributed by atoms with Crippen LogP contribution in [-0.4, -0.2) is 29.7 Å². The minimum Gasteiger partial charge on any atom is -0.396 e. The quantitative estimate of drug-likeness (QED) is 0.497. The Hall–Kier alpha value is -1.82. The zero-order valence-electron chi connectivity index (χ0n) is 11.3. The molecule has 0 saturated carbocycles. The second-order valence-corrected chi connectivity index (χ2v) is 4.49. The number of nitrogens with zero attached hydrogens (tertiary/aromatic N) is 1. The Balaban J connectivity index is 2.87. The van der Waals surface area contributed by atoms with Gasteiger partial charge in [0.25, 0.3) is 0 Å². The van der Waals surface area contributed by atoms with Gasteiger partial charge in [-0.3, -0.25) is 10.1 Å². The van der Waals surface area contributed by atoms with Crippen molar-refractivity contribution in [3.05, 3.63) is 28.3 Å². The summed E-state index contributed by atoms with van der Waals surface area (Å²) in [5.74, 6) is 0.257. The molecule has 106 valence electrons. The van der Waals surface area contributed by atoms with Crippen LogP contribution >= 0.6 is 0 Å². The van der Waals surface area contributed by atoms with Gasteiger partial charge in [-0.1, -0.05) is 13.0 Å². The van der Waals surface area contributed by atoms with E-state index in [2.05, 4.69) is 10.6 Å². The summed E-state index contributed by atoms with van der Waals surface area (Å²) in [6.45, 7) is 5.24. The maximum atomic E-state index is 11.2. The lowest BCUT2D eigenvalue weighted by atomic mass is 10.1. The first-order valence-corrected chi connectivity index (χ1v) is 6.46. The molecule has 6 nitrogen and oxygen atoms in total. The number of rotatable bonds is 8. The van der Waals surface area contributed by atoms with E-state index in [1.54, 1.807) is 18.2 Å². The Labute approximate surface area is 113 Å². The molecule has 0 heterocycles. The number of benzene rings is 1. The predicted molar refractivity (Wildman–Crippen MR) is 76.6 cm³/mol. The second-order valence-electron chi connectivity index (χ2n) is 4.49. The van der Waals surface area contributed by atoms with Gasteiger partial charge in [0.1, 0.15) is 11.4 Å². The molecule has 0 aliphatic carbocycles. The highest BCUT2D eigenvalue weighted by Gasteiger charge is 2.19. The molecule has 1 rings (SSSR count). The third-order valence-corrected chi connectivity index (χ3v) is 2.85. The van der Waals surface area contributed by atoms with E-state index in [0.29, 0.717) is 30.9 Å². The van der Waals surface area contributed by atoms with Gasteiger partial charge >= 0.3 is 5.69 Å². The van der Waals surface area contributed by atoms with Crippen LogP contribution in [-0.2, 0) is 0 Å². The summed E-state index contributed by atoms with van der Waals surface area (Å²) in [5, 5.41) is 26.1. The molecule has 6 heteroatoms. The molecular weight excluding hydrogens is 246 g/mol. The Morgan fingerprint density at radius 1 is 1.37 bits per heavy atom. The molecular formula is C13H21N3O3. The minimum absolute atomic E-state index is 0.0700. The average molecular weight is 267 g/mol. The zero-order valence-corrected chi connectivity index (χ0v) is 11.3. The number of aliphatic hydroxyl groups excluding tert-OH is 1. The van der Waals surface area contributed by atoms with Crippen molar-refractivity contribution in [3.8, 4) is 0 Å². The Morgan fingerprint density at radius 2 is 2.00 bits per heavy atom. The van der Waals surface area contributed by atoms with Gasteiger partial charge in [0.05, 0.1) is 4.92 Å². The van der Waals surface area contributed by atoms with Crippen LogP contribution in [0.4, 0.5) is 17.1 Å². The van der Waals surface area contributed by atoms with Gasteiger partial charge in [-0.15, -0.1) is 0 Å². The number of aliphatic hydroxyl groups is 1. The number of anilines is 2. The molecule has 0 radical (unpaired) electrons. The average Bonchev–Trinajstić information content (AvgIpc) is 2.37. The minimum atomic E-state index is -0.378. The Bertz CT molecular complexity index is 424. The van der Waals surface area contributed by atoms with E-state index < -0.39 is 0 Å². The highest BCUT2D eigenvalue weighted by Crippen LogP contribution is 2.32. The maximum absolute atomic E-state index is 11.2. The van der Waals surface area contributed by atoms with Gasteiger partial charge in [-0.25, -0.2) is 0 Å². The number of nitrogens with one attached hydrogen (secondary N) is 2. The molecule has 19 heavy (non-hydrogen) atoms. The van der Waals surface area contributed by atoms with E-state index in [4.69, 9.17) is 5.11 Å². The van der Waals surface area contributed by atoms with Crippen LogP contribution < -0.4 is 10.6 Å². The molecule has 1 unspecified atom stereocenters. The Morgan fingerprint density at radius 3 is 2.53 bits per heavy atom. The number of para-hydroxylation sites is 1. The Kier molecular flexibility index (Phi) is 6.08. The predicted octanol–water partition coefficient (Wildman–Crippen LogP) is 2.46. The highest BCUT2D eigenvalue weighted by molar-refractivity contribution is 5.76. The van der Waals surface area contributed by atoms with Gasteiger partial charge in [0.15, 0.2) is 0 Å². The molecule has 3 N–H and O–H groups in total. The smallest absolute Gasteiger partial charge is 0.315 e.